The van der Waals surface area contributed by atoms with Crippen LogP contribution in [-0.4, -0.2) is 31.7 Å². The number of hydrogen-bond acceptors (Lipinski definition) is 5. The first-order valence-corrected chi connectivity index (χ1v) is 6.07. The minimum atomic E-state index is -0.440. The third-order valence-corrected chi connectivity index (χ3v) is 2.90. The van der Waals surface area contributed by atoms with Crippen LogP contribution in [-0.2, 0) is 4.74 Å². The summed E-state index contributed by atoms with van der Waals surface area (Å²) in [7, 11) is 3.89. The Hall–Kier alpha value is -2.30. The molecule has 2 aromatic rings. The summed E-state index contributed by atoms with van der Waals surface area (Å²) < 4.78 is 4.97. The maximum atomic E-state index is 11.8. The molecular weight excluding hydrogens is 242 g/mol. The van der Waals surface area contributed by atoms with E-state index in [0.717, 1.165) is 16.6 Å². The zero-order valence-corrected chi connectivity index (χ0v) is 11.3. The van der Waals surface area contributed by atoms with E-state index in [4.69, 9.17) is 10.5 Å². The molecule has 0 radical (unpaired) electrons. The van der Waals surface area contributed by atoms with Crippen LogP contribution >= 0.6 is 0 Å². The van der Waals surface area contributed by atoms with Crippen molar-refractivity contribution >= 4 is 28.2 Å². The maximum Gasteiger partial charge on any atom is 0.341 e. The van der Waals surface area contributed by atoms with Crippen LogP contribution < -0.4 is 10.6 Å². The number of nitrogen functional groups attached to an aromatic ring is 1. The fourth-order valence-corrected chi connectivity index (χ4v) is 1.85. The lowest BCUT2D eigenvalue weighted by Gasteiger charge is -2.14. The van der Waals surface area contributed by atoms with Crippen LogP contribution in [0.1, 0.15) is 17.3 Å². The number of carbonyl (C=O) groups excluding carboxylic acids is 1. The van der Waals surface area contributed by atoms with Crippen LogP contribution in [0.25, 0.3) is 10.9 Å². The number of aromatic nitrogens is 1. The lowest BCUT2D eigenvalue weighted by Crippen LogP contribution is -2.10. The van der Waals surface area contributed by atoms with Crippen LogP contribution in [0.2, 0.25) is 0 Å². The molecule has 0 atom stereocenters. The van der Waals surface area contributed by atoms with Gasteiger partial charge in [0.1, 0.15) is 5.56 Å². The highest BCUT2D eigenvalue weighted by Crippen LogP contribution is 2.27. The van der Waals surface area contributed by atoms with Crippen molar-refractivity contribution in [3.63, 3.8) is 0 Å². The molecule has 0 amide bonds. The summed E-state index contributed by atoms with van der Waals surface area (Å²) in [6.45, 7) is 2.07. The fourth-order valence-electron chi connectivity index (χ4n) is 1.85. The third kappa shape index (κ3) is 2.45. The zero-order chi connectivity index (χ0) is 14.0. The van der Waals surface area contributed by atoms with Gasteiger partial charge in [0.05, 0.1) is 17.8 Å². The summed E-state index contributed by atoms with van der Waals surface area (Å²) in [5.41, 5.74) is 8.54. The molecule has 0 unspecified atom stereocenters. The van der Waals surface area contributed by atoms with E-state index >= 15 is 0 Å². The minimum Gasteiger partial charge on any atom is -0.462 e. The molecule has 1 aromatic heterocycles. The molecule has 5 heteroatoms. The van der Waals surface area contributed by atoms with Gasteiger partial charge < -0.3 is 15.4 Å². The number of fused-ring (bicyclic) bond motifs is 1. The van der Waals surface area contributed by atoms with Gasteiger partial charge in [0, 0.05) is 31.4 Å². The Kier molecular flexibility index (Phi) is 3.55. The Balaban J connectivity index is 2.58. The lowest BCUT2D eigenvalue weighted by molar-refractivity contribution is 0.0527. The largest absolute Gasteiger partial charge is 0.462 e. The Bertz CT molecular complexity index is 623. The Labute approximate surface area is 112 Å². The monoisotopic (exact) mass is 259 g/mol. The molecule has 0 spiro atoms. The molecule has 0 aliphatic carbocycles. The molecule has 0 aliphatic rings. The highest BCUT2D eigenvalue weighted by atomic mass is 16.5. The second kappa shape index (κ2) is 5.14. The molecule has 0 saturated carbocycles. The average Bonchev–Trinajstić information content (AvgIpc) is 2.39. The second-order valence-electron chi connectivity index (χ2n) is 4.40. The van der Waals surface area contributed by atoms with Gasteiger partial charge in [-0.25, -0.2) is 4.79 Å². The van der Waals surface area contributed by atoms with Crippen molar-refractivity contribution in [2.24, 2.45) is 0 Å². The minimum absolute atomic E-state index is 0.310. The summed E-state index contributed by atoms with van der Waals surface area (Å²) in [5, 5.41) is 0.761. The molecular formula is C14H17N3O2. The molecule has 2 rings (SSSR count). The fraction of sp³-hybridized carbons (Fsp3) is 0.286. The van der Waals surface area contributed by atoms with Crippen LogP contribution in [0, 0.1) is 0 Å². The summed E-state index contributed by atoms with van der Waals surface area (Å²) >= 11 is 0. The second-order valence-corrected chi connectivity index (χ2v) is 4.40. The highest BCUT2D eigenvalue weighted by Gasteiger charge is 2.14. The summed E-state index contributed by atoms with van der Waals surface area (Å²) in [6, 6.07) is 5.76. The van der Waals surface area contributed by atoms with E-state index in [-0.39, 0.29) is 0 Å². The number of ether oxygens (including phenoxy) is 1. The van der Waals surface area contributed by atoms with Crippen LogP contribution in [0.3, 0.4) is 0 Å². The Morgan fingerprint density at radius 3 is 2.79 bits per heavy atom. The average molecular weight is 259 g/mol. The number of pyridine rings is 1. The third-order valence-electron chi connectivity index (χ3n) is 2.90. The number of nitrogens with zero attached hydrogens (tertiary/aromatic N) is 2. The standard InChI is InChI=1S/C14H17N3O2/c1-4-19-14(18)11-8-16-12-6-5-9(17(2)3)7-10(12)13(11)15/h5-8H,4H2,1-3H3,(H2,15,16). The molecule has 0 saturated heterocycles. The van der Waals surface area contributed by atoms with E-state index in [1.165, 1.54) is 6.20 Å². The van der Waals surface area contributed by atoms with Gasteiger partial charge in [-0.1, -0.05) is 0 Å². The summed E-state index contributed by atoms with van der Waals surface area (Å²) in [5.74, 6) is -0.440. The van der Waals surface area contributed by atoms with E-state index in [9.17, 15) is 4.79 Å². The number of nitrogens with two attached hydrogens (primary N) is 1. The van der Waals surface area contributed by atoms with Crippen LogP contribution in [0.5, 0.6) is 0 Å². The van der Waals surface area contributed by atoms with Crippen molar-refractivity contribution in [2.45, 2.75) is 6.92 Å². The van der Waals surface area contributed by atoms with Gasteiger partial charge in [0.2, 0.25) is 0 Å². The number of anilines is 2. The van der Waals surface area contributed by atoms with Gasteiger partial charge in [-0.05, 0) is 25.1 Å². The summed E-state index contributed by atoms with van der Waals surface area (Å²) in [4.78, 5) is 18.0. The predicted molar refractivity (Wildman–Crippen MR) is 76.4 cm³/mol. The Morgan fingerprint density at radius 2 is 2.16 bits per heavy atom. The normalized spacial score (nSPS) is 10.5. The number of hydrogen-bond donors (Lipinski definition) is 1. The Morgan fingerprint density at radius 1 is 1.42 bits per heavy atom. The van der Waals surface area contributed by atoms with Crippen molar-refractivity contribution in [1.29, 1.82) is 0 Å². The van der Waals surface area contributed by atoms with Crippen molar-refractivity contribution in [3.05, 3.63) is 30.0 Å². The molecule has 0 bridgehead atoms. The van der Waals surface area contributed by atoms with E-state index in [1.54, 1.807) is 6.92 Å². The van der Waals surface area contributed by atoms with Crippen molar-refractivity contribution in [2.75, 3.05) is 31.3 Å². The quantitative estimate of drug-likeness (QED) is 0.854. The molecule has 0 aliphatic heterocycles. The van der Waals surface area contributed by atoms with Gasteiger partial charge in [-0.15, -0.1) is 0 Å². The van der Waals surface area contributed by atoms with Crippen molar-refractivity contribution in [1.82, 2.24) is 4.98 Å². The molecule has 2 N–H and O–H groups in total. The van der Waals surface area contributed by atoms with Gasteiger partial charge in [0.25, 0.3) is 0 Å². The molecule has 100 valence electrons. The SMILES string of the molecule is CCOC(=O)c1cnc2ccc(N(C)C)cc2c1N. The molecule has 1 aromatic carbocycles. The molecule has 5 nitrogen and oxygen atoms in total. The topological polar surface area (TPSA) is 68.5 Å². The van der Waals surface area contributed by atoms with Crippen molar-refractivity contribution in [3.8, 4) is 0 Å². The number of esters is 1. The van der Waals surface area contributed by atoms with E-state index in [0.29, 0.717) is 17.9 Å². The maximum absolute atomic E-state index is 11.8. The number of rotatable bonds is 3. The number of benzene rings is 1. The lowest BCUT2D eigenvalue weighted by atomic mass is 10.1. The van der Waals surface area contributed by atoms with Gasteiger partial charge >= 0.3 is 5.97 Å². The first kappa shape index (κ1) is 13.1. The van der Waals surface area contributed by atoms with Gasteiger partial charge in [0.15, 0.2) is 0 Å². The number of carbonyl (C=O) groups is 1. The smallest absolute Gasteiger partial charge is 0.341 e. The molecule has 1 heterocycles. The van der Waals surface area contributed by atoms with Crippen molar-refractivity contribution < 1.29 is 9.53 Å². The van der Waals surface area contributed by atoms with E-state index in [1.807, 2.05) is 37.2 Å². The zero-order valence-electron chi connectivity index (χ0n) is 11.3. The first-order chi connectivity index (χ1) is 9.04. The van der Waals surface area contributed by atoms with Crippen LogP contribution in [0.15, 0.2) is 24.4 Å². The molecule has 19 heavy (non-hydrogen) atoms. The highest BCUT2D eigenvalue weighted by molar-refractivity contribution is 6.04. The first-order valence-electron chi connectivity index (χ1n) is 6.07. The summed E-state index contributed by atoms with van der Waals surface area (Å²) in [6.07, 6.45) is 1.46. The molecule has 0 fully saturated rings. The van der Waals surface area contributed by atoms with E-state index < -0.39 is 5.97 Å². The predicted octanol–water partition coefficient (Wildman–Crippen LogP) is 2.06. The van der Waals surface area contributed by atoms with E-state index in [2.05, 4.69) is 4.98 Å². The van der Waals surface area contributed by atoms with Gasteiger partial charge in [-0.3, -0.25) is 4.98 Å². The van der Waals surface area contributed by atoms with Gasteiger partial charge in [-0.2, -0.15) is 0 Å². The van der Waals surface area contributed by atoms with Crippen LogP contribution in [0.4, 0.5) is 11.4 Å².